The Morgan fingerprint density at radius 3 is 1.12 bits per heavy atom. The van der Waals surface area contributed by atoms with E-state index in [0.29, 0.717) is 88.7 Å². The molecule has 0 aliphatic heterocycles. The van der Waals surface area contributed by atoms with E-state index in [0.717, 1.165) is 22.3 Å². The SMILES string of the molecule is C=c1[nH]c(=O)/c(=C/c2ccc(OCC(=O)N(C)C)c(OC)c2)s1.C=c1[nH]c(=O)/c(=C/c2ccc(OCC(=O)NC)c(OC)c2)s1.C=c1[nH]c(=O)/c(=C/c2ccc(OCC(N)=O)c(OC)c2)s1.C=c1[nH]c(=O)/c(=C/c2ccc(OCc3ncno3)c(OC)c2)s1. The lowest BCUT2D eigenvalue weighted by atomic mass is 10.2. The Balaban J connectivity index is 0.000000189. The Labute approximate surface area is 521 Å². The molecular formula is C60H61N9O16S4. The van der Waals surface area contributed by atoms with Crippen molar-refractivity contribution >= 4 is 114 Å². The topological polar surface area (TPSA) is 337 Å². The lowest BCUT2D eigenvalue weighted by molar-refractivity contribution is -0.130. The first-order valence-electron chi connectivity index (χ1n) is 25.9. The summed E-state index contributed by atoms with van der Waals surface area (Å²) in [7, 11) is 10.9. The van der Waals surface area contributed by atoms with E-state index in [1.807, 2.05) is 6.07 Å². The van der Waals surface area contributed by atoms with E-state index in [1.165, 1.54) is 85.0 Å². The first-order chi connectivity index (χ1) is 42.6. The molecule has 9 rings (SSSR count). The van der Waals surface area contributed by atoms with Gasteiger partial charge >= 0.3 is 0 Å². The summed E-state index contributed by atoms with van der Waals surface area (Å²) in [6.45, 7) is 14.6. The van der Waals surface area contributed by atoms with Crippen LogP contribution in [0.15, 0.2) is 103 Å². The minimum atomic E-state index is -0.569. The van der Waals surface area contributed by atoms with Crippen LogP contribution in [0.25, 0.3) is 50.6 Å². The lowest BCUT2D eigenvalue weighted by Crippen LogP contribution is -2.27. The Kier molecular flexibility index (Phi) is 25.0. The molecule has 25 nitrogen and oxygen atoms in total. The van der Waals surface area contributed by atoms with Gasteiger partial charge in [-0.15, -0.1) is 45.3 Å². The lowest BCUT2D eigenvalue weighted by Gasteiger charge is -2.13. The molecule has 29 heteroatoms. The molecule has 9 aromatic rings. The van der Waals surface area contributed by atoms with E-state index < -0.39 is 5.91 Å². The summed E-state index contributed by atoms with van der Waals surface area (Å²) in [5, 5.41) is 5.98. The fourth-order valence-electron chi connectivity index (χ4n) is 7.16. The van der Waals surface area contributed by atoms with Crippen LogP contribution < -0.4 is 108 Å². The zero-order chi connectivity index (χ0) is 64.7. The van der Waals surface area contributed by atoms with Crippen LogP contribution in [0.4, 0.5) is 0 Å². The van der Waals surface area contributed by atoms with Crippen LogP contribution >= 0.6 is 45.3 Å². The first-order valence-corrected chi connectivity index (χ1v) is 29.1. The maximum atomic E-state index is 11.7. The number of H-pyrrole nitrogens is 4. The monoisotopic (exact) mass is 1290 g/mol. The number of carbonyl (C=O) groups is 3. The van der Waals surface area contributed by atoms with Crippen molar-refractivity contribution in [1.82, 2.24) is 40.3 Å². The van der Waals surface area contributed by atoms with E-state index in [4.69, 9.17) is 48.2 Å². The fourth-order valence-corrected chi connectivity index (χ4v) is 10.2. The summed E-state index contributed by atoms with van der Waals surface area (Å²) < 4.78 is 52.3. The molecule has 0 radical (unpaired) electrons. The average Bonchev–Trinajstić information content (AvgIpc) is 4.37. The van der Waals surface area contributed by atoms with Crippen LogP contribution in [0.1, 0.15) is 28.1 Å². The number of aromatic amines is 4. The number of ether oxygens (including phenoxy) is 8. The molecule has 0 aliphatic rings. The molecule has 4 aromatic carbocycles. The second-order valence-electron chi connectivity index (χ2n) is 18.0. The van der Waals surface area contributed by atoms with Crippen LogP contribution in [0.3, 0.4) is 0 Å². The van der Waals surface area contributed by atoms with Gasteiger partial charge in [-0.3, -0.25) is 33.6 Å². The minimum absolute atomic E-state index is 0.0676. The maximum Gasteiger partial charge on any atom is 0.266 e. The van der Waals surface area contributed by atoms with Gasteiger partial charge in [0.15, 0.2) is 78.8 Å². The quantitative estimate of drug-likeness (QED) is 0.0592. The van der Waals surface area contributed by atoms with Gasteiger partial charge in [0.1, 0.15) is 0 Å². The van der Waals surface area contributed by atoms with Gasteiger partial charge in [0.05, 0.1) is 65.2 Å². The number of thiazole rings is 4. The Hall–Kier alpha value is -10.5. The second-order valence-corrected chi connectivity index (χ2v) is 22.6. The van der Waals surface area contributed by atoms with Crippen LogP contribution in [0, 0.1) is 0 Å². The van der Waals surface area contributed by atoms with Crippen molar-refractivity contribution in [3.63, 3.8) is 0 Å². The standard InChI is InChI=1S/C16H18N2O4S.C15H13N3O4S.C15H16N2O4S.C14H14N2O4S/c1-10-17-16(20)14(23-10)8-11-5-6-12(13(7-11)21-4)22-9-15(19)18(2)3;1-9-18-15(19)13(23-9)6-10-3-4-11(12(5-10)20-2)21-7-14-16-8-17-22-14;1-9-17-15(19)13(22-9)7-10-4-5-11(12(6-10)20-3)21-8-14(18)16-2;1-8-16-14(18)12(21-8)6-9-3-4-10(11(5-9)19-2)20-7-13(15)17/h5-8H,1,9H2,2-4H3,(H,17,20);3-6,8H,1,7H2,2H3,(H,18,19);4-7H,1,8H2,2-3H3,(H,16,18)(H,17,19);3-6H,1,7H2,2H3,(H2,15,17)(H,16,18)/b14-8-;13-6-;13-7-;12-6-. The molecule has 0 atom stereocenters. The molecule has 0 aliphatic carbocycles. The third-order valence-corrected chi connectivity index (χ3v) is 14.9. The van der Waals surface area contributed by atoms with Crippen LogP contribution in [-0.2, 0) is 21.0 Å². The Bertz CT molecular complexity index is 4660. The number of benzene rings is 4. The number of primary amides is 1. The summed E-state index contributed by atoms with van der Waals surface area (Å²) in [4.78, 5) is 96.0. The number of aromatic nitrogens is 6. The van der Waals surface area contributed by atoms with Gasteiger partial charge in [-0.05, 0) is 95.1 Å². The number of nitrogens with two attached hydrogens (primary N) is 1. The summed E-state index contributed by atoms with van der Waals surface area (Å²) in [6, 6.07) is 20.9. The van der Waals surface area contributed by atoms with E-state index in [9.17, 15) is 33.6 Å². The third kappa shape index (κ3) is 20.6. The summed E-state index contributed by atoms with van der Waals surface area (Å²) in [5.74, 6) is 3.28. The predicted octanol–water partition coefficient (Wildman–Crippen LogP) is 0.154. The average molecular weight is 1290 g/mol. The van der Waals surface area contributed by atoms with Crippen molar-refractivity contribution in [2.45, 2.75) is 6.61 Å². The number of hydrogen-bond donors (Lipinski definition) is 6. The highest BCUT2D eigenvalue weighted by Crippen LogP contribution is 2.31. The predicted molar refractivity (Wildman–Crippen MR) is 342 cm³/mol. The molecule has 0 saturated carbocycles. The molecule has 0 spiro atoms. The van der Waals surface area contributed by atoms with Gasteiger partial charge in [0.25, 0.3) is 45.8 Å². The molecule has 0 fully saturated rings. The summed E-state index contributed by atoms with van der Waals surface area (Å²) >= 11 is 5.15. The summed E-state index contributed by atoms with van der Waals surface area (Å²) in [6.07, 6.45) is 8.28. The zero-order valence-corrected chi connectivity index (χ0v) is 52.3. The second kappa shape index (κ2) is 32.9. The number of hydrogen-bond acceptors (Lipinski definition) is 22. The number of carbonyl (C=O) groups excluding carboxylic acids is 3. The summed E-state index contributed by atoms with van der Waals surface area (Å²) in [5.41, 5.74) is 7.52. The molecule has 5 heterocycles. The van der Waals surface area contributed by atoms with E-state index >= 15 is 0 Å². The van der Waals surface area contributed by atoms with Gasteiger partial charge in [-0.25, -0.2) is 0 Å². The molecule has 7 N–H and O–H groups in total. The molecule has 0 unspecified atom stereocenters. The molecule has 5 aromatic heterocycles. The van der Waals surface area contributed by atoms with Gasteiger partial charge < -0.3 is 78.3 Å². The first kappa shape index (κ1) is 67.6. The zero-order valence-electron chi connectivity index (χ0n) is 49.1. The number of rotatable bonds is 20. The van der Waals surface area contributed by atoms with Crippen LogP contribution in [-0.4, -0.2) is 122 Å². The molecular weight excluding hydrogens is 1230 g/mol. The van der Waals surface area contributed by atoms with Gasteiger partial charge in [0.2, 0.25) is 0 Å². The van der Waals surface area contributed by atoms with Crippen molar-refractivity contribution in [3.05, 3.63) is 185 Å². The molecule has 466 valence electrons. The van der Waals surface area contributed by atoms with E-state index in [-0.39, 0.29) is 60.5 Å². The van der Waals surface area contributed by atoms with Gasteiger partial charge in [-0.1, -0.05) is 55.7 Å². The number of methoxy groups -OCH3 is 4. The minimum Gasteiger partial charge on any atom is -0.493 e. The molecule has 0 saturated heterocycles. The number of likely N-dealkylation sites (N-methyl/N-ethyl adjacent to an activating group) is 2. The molecule has 0 bridgehead atoms. The Morgan fingerprint density at radius 1 is 0.528 bits per heavy atom. The molecule has 3 amide bonds. The molecule has 89 heavy (non-hydrogen) atoms. The Morgan fingerprint density at radius 2 is 0.854 bits per heavy atom. The highest BCUT2D eigenvalue weighted by atomic mass is 32.1. The highest BCUT2D eigenvalue weighted by molar-refractivity contribution is 7.08. The van der Waals surface area contributed by atoms with E-state index in [1.54, 1.807) is 112 Å². The van der Waals surface area contributed by atoms with Crippen molar-refractivity contribution in [2.75, 3.05) is 69.4 Å². The van der Waals surface area contributed by atoms with Crippen molar-refractivity contribution in [3.8, 4) is 46.0 Å². The fraction of sp³-hybridized carbons (Fsp3) is 0.183. The number of nitrogens with zero attached hydrogens (tertiary/aromatic N) is 3. The van der Waals surface area contributed by atoms with Crippen molar-refractivity contribution in [1.29, 1.82) is 0 Å². The largest absolute Gasteiger partial charge is 0.493 e. The van der Waals surface area contributed by atoms with Crippen LogP contribution in [0.5, 0.6) is 46.0 Å². The normalized spacial score (nSPS) is 11.4. The van der Waals surface area contributed by atoms with Crippen molar-refractivity contribution < 1.29 is 56.8 Å². The van der Waals surface area contributed by atoms with Gasteiger partial charge in [-0.2, -0.15) is 4.98 Å². The number of amides is 3. The maximum absolute atomic E-state index is 11.7. The highest BCUT2D eigenvalue weighted by Gasteiger charge is 2.13. The smallest absolute Gasteiger partial charge is 0.266 e. The number of nitrogens with one attached hydrogen (secondary N) is 5. The van der Waals surface area contributed by atoms with Gasteiger partial charge in [0, 0.05) is 21.1 Å². The third-order valence-electron chi connectivity index (χ3n) is 11.4. The van der Waals surface area contributed by atoms with E-state index in [2.05, 4.69) is 61.7 Å². The van der Waals surface area contributed by atoms with Crippen molar-refractivity contribution in [2.24, 2.45) is 5.73 Å². The van der Waals surface area contributed by atoms with Crippen LogP contribution in [0.2, 0.25) is 0 Å².